The highest BCUT2D eigenvalue weighted by Crippen LogP contribution is 2.32. The van der Waals surface area contributed by atoms with Crippen molar-refractivity contribution in [2.75, 3.05) is 112 Å². The van der Waals surface area contributed by atoms with E-state index in [9.17, 15) is 49.4 Å². The molecule has 2 fully saturated rings. The fourth-order valence-corrected chi connectivity index (χ4v) is 6.34. The lowest BCUT2D eigenvalue weighted by molar-refractivity contribution is -0.387. The molecule has 0 radical (unpaired) electrons. The highest BCUT2D eigenvalue weighted by Gasteiger charge is 2.49. The molecular weight excluding hydrogens is 784 g/mol. The number of carbonyl (C=O) groups is 5. The second-order valence-electron chi connectivity index (χ2n) is 13.7. The molecule has 3 rings (SSSR count). The molecule has 1 amide bonds. The molecule has 2 aliphatic heterocycles. The Morgan fingerprint density at radius 1 is 0.763 bits per heavy atom. The summed E-state index contributed by atoms with van der Waals surface area (Å²) in [5.74, 6) is -3.06. The van der Waals surface area contributed by atoms with Crippen LogP contribution in [0.2, 0.25) is 0 Å². The van der Waals surface area contributed by atoms with Crippen molar-refractivity contribution in [1.82, 2.24) is 24.9 Å². The van der Waals surface area contributed by atoms with Crippen LogP contribution in [0.4, 0.5) is 5.69 Å². The maximum Gasteiger partial charge on any atom is 0.337 e. The Hall–Kier alpha value is -4.55. The lowest BCUT2D eigenvalue weighted by Crippen LogP contribution is -2.61. The number of hydrogen-bond acceptors (Lipinski definition) is 20. The lowest BCUT2D eigenvalue weighted by atomic mass is 9.99. The van der Waals surface area contributed by atoms with Gasteiger partial charge in [-0.1, -0.05) is 6.07 Å². The van der Waals surface area contributed by atoms with E-state index in [2.05, 4.69) is 15.0 Å². The molecule has 22 nitrogen and oxygen atoms in total. The third-order valence-corrected chi connectivity index (χ3v) is 9.49. The van der Waals surface area contributed by atoms with Crippen LogP contribution in [0, 0.1) is 10.1 Å². The summed E-state index contributed by atoms with van der Waals surface area (Å²) in [6, 6.07) is 3.67. The number of amides is 1. The minimum absolute atomic E-state index is 0.0317. The SMILES string of the molecule is CCOC(=O)CN1CCN(CCNC(=O)Cc2ccc(O[C@@H]3O[C@H](C(=O)OC)[C@@H](O)[C@H](O)[C@H]3O)c([N+](=O)[O-])c2)CCN(CC(=O)OCC)CCN(CC(=O)OCC)CC1. The van der Waals surface area contributed by atoms with Gasteiger partial charge in [-0.25, -0.2) is 4.79 Å². The summed E-state index contributed by atoms with van der Waals surface area (Å²) in [5, 5.41) is 45.6. The number of carbonyl (C=O) groups excluding carboxylic acids is 5. The van der Waals surface area contributed by atoms with Gasteiger partial charge < -0.3 is 49.1 Å². The van der Waals surface area contributed by atoms with Crippen molar-refractivity contribution in [3.05, 3.63) is 33.9 Å². The van der Waals surface area contributed by atoms with Gasteiger partial charge in [0, 0.05) is 71.5 Å². The number of ether oxygens (including phenoxy) is 6. The predicted molar refractivity (Wildman–Crippen MR) is 205 cm³/mol. The summed E-state index contributed by atoms with van der Waals surface area (Å²) >= 11 is 0. The molecule has 2 saturated heterocycles. The van der Waals surface area contributed by atoms with Crippen LogP contribution in [-0.4, -0.2) is 212 Å². The first-order valence-electron chi connectivity index (χ1n) is 19.5. The molecule has 22 heteroatoms. The molecule has 332 valence electrons. The molecule has 5 atom stereocenters. The van der Waals surface area contributed by atoms with Crippen LogP contribution >= 0.6 is 0 Å². The van der Waals surface area contributed by atoms with E-state index in [1.54, 1.807) is 20.8 Å². The fourth-order valence-electron chi connectivity index (χ4n) is 6.34. The molecule has 2 heterocycles. The van der Waals surface area contributed by atoms with Gasteiger partial charge in [0.1, 0.15) is 18.3 Å². The van der Waals surface area contributed by atoms with Gasteiger partial charge in [0.2, 0.25) is 12.2 Å². The van der Waals surface area contributed by atoms with Crippen molar-refractivity contribution in [3.8, 4) is 5.75 Å². The first kappa shape index (κ1) is 48.8. The Labute approximate surface area is 342 Å². The molecule has 59 heavy (non-hydrogen) atoms. The monoisotopic (exact) mass is 842 g/mol. The van der Waals surface area contributed by atoms with Crippen LogP contribution < -0.4 is 10.1 Å². The van der Waals surface area contributed by atoms with Gasteiger partial charge in [0.25, 0.3) is 0 Å². The number of nitro groups is 1. The van der Waals surface area contributed by atoms with E-state index in [-0.39, 0.29) is 75.9 Å². The predicted octanol–water partition coefficient (Wildman–Crippen LogP) is -2.48. The van der Waals surface area contributed by atoms with E-state index in [4.69, 9.17) is 23.7 Å². The van der Waals surface area contributed by atoms with Crippen molar-refractivity contribution >= 4 is 35.5 Å². The first-order chi connectivity index (χ1) is 28.2. The molecule has 1 aromatic carbocycles. The van der Waals surface area contributed by atoms with Gasteiger partial charge in [-0.3, -0.25) is 48.9 Å². The Bertz CT molecular complexity index is 1520. The third kappa shape index (κ3) is 16.2. The molecule has 0 unspecified atom stereocenters. The van der Waals surface area contributed by atoms with Crippen LogP contribution in [0.5, 0.6) is 5.75 Å². The molecule has 0 spiro atoms. The van der Waals surface area contributed by atoms with Crippen molar-refractivity contribution in [1.29, 1.82) is 0 Å². The van der Waals surface area contributed by atoms with Crippen LogP contribution in [0.3, 0.4) is 0 Å². The normalized spacial score (nSPS) is 22.9. The van der Waals surface area contributed by atoms with Gasteiger partial charge in [0.05, 0.1) is 57.9 Å². The molecular formula is C37H58N6O16. The molecule has 0 saturated carbocycles. The number of aliphatic hydroxyl groups excluding tert-OH is 3. The third-order valence-electron chi connectivity index (χ3n) is 9.49. The topological polar surface area (TPSA) is 270 Å². The standard InChI is InChI=1S/C37H58N6O16/c1-5-55-29(45)22-40-14-12-39(13-15-41(23-30(46)56-6-2)17-19-42(18-16-40)24-31(47)57-7-3)11-10-38-28(44)21-25-8-9-27(26(20-25)43(52)53)58-37-34(50)32(48)33(49)35(59-37)36(51)54-4/h8-9,20,32-35,37,48-50H,5-7,10-19,21-24H2,1-4H3,(H,38,44)/t32-,33-,34+,35-,37+/m0/s1. The highest BCUT2D eigenvalue weighted by atomic mass is 16.7. The maximum absolute atomic E-state index is 13.1. The van der Waals surface area contributed by atoms with E-state index in [0.29, 0.717) is 58.9 Å². The van der Waals surface area contributed by atoms with Crippen LogP contribution in [-0.2, 0) is 54.1 Å². The Morgan fingerprint density at radius 3 is 1.68 bits per heavy atom. The summed E-state index contributed by atoms with van der Waals surface area (Å²) in [6.45, 7) is 10.1. The fraction of sp³-hybridized carbons (Fsp3) is 0.703. The number of benzene rings is 1. The number of nitrogens with one attached hydrogen (secondary N) is 1. The van der Waals surface area contributed by atoms with Crippen molar-refractivity contribution < 1.29 is 72.6 Å². The average molecular weight is 843 g/mol. The van der Waals surface area contributed by atoms with Gasteiger partial charge >= 0.3 is 29.6 Å². The van der Waals surface area contributed by atoms with Crippen LogP contribution in [0.25, 0.3) is 0 Å². The quantitative estimate of drug-likeness (QED) is 0.0516. The number of nitro benzene ring substituents is 1. The van der Waals surface area contributed by atoms with E-state index in [1.807, 2.05) is 14.7 Å². The number of hydrogen-bond donors (Lipinski definition) is 4. The summed E-state index contributed by atoms with van der Waals surface area (Å²) in [6.07, 6.45) is -9.42. The smallest absolute Gasteiger partial charge is 0.337 e. The van der Waals surface area contributed by atoms with E-state index >= 15 is 0 Å². The van der Waals surface area contributed by atoms with E-state index in [1.165, 1.54) is 12.1 Å². The minimum Gasteiger partial charge on any atom is -0.467 e. The Morgan fingerprint density at radius 2 is 1.24 bits per heavy atom. The van der Waals surface area contributed by atoms with Crippen molar-refractivity contribution in [2.45, 2.75) is 57.9 Å². The number of esters is 4. The second-order valence-corrected chi connectivity index (χ2v) is 13.7. The van der Waals surface area contributed by atoms with Crippen LogP contribution in [0.15, 0.2) is 18.2 Å². The number of aliphatic hydroxyl groups is 3. The zero-order valence-electron chi connectivity index (χ0n) is 34.0. The number of rotatable bonds is 18. The molecule has 0 aromatic heterocycles. The second kappa shape index (κ2) is 25.2. The van der Waals surface area contributed by atoms with Gasteiger partial charge in [-0.15, -0.1) is 0 Å². The zero-order valence-corrected chi connectivity index (χ0v) is 34.0. The summed E-state index contributed by atoms with van der Waals surface area (Å²) < 4.78 is 30.9. The number of methoxy groups -OCH3 is 1. The van der Waals surface area contributed by atoms with Gasteiger partial charge in [0.15, 0.2) is 11.9 Å². The van der Waals surface area contributed by atoms with E-state index < -0.39 is 58.9 Å². The Kier molecular flexibility index (Phi) is 20.8. The molecule has 0 aliphatic carbocycles. The minimum atomic E-state index is -1.90. The molecule has 2 aliphatic rings. The molecule has 0 bridgehead atoms. The first-order valence-corrected chi connectivity index (χ1v) is 19.5. The van der Waals surface area contributed by atoms with E-state index in [0.717, 1.165) is 13.2 Å². The Balaban J connectivity index is 1.69. The molecule has 4 N–H and O–H groups in total. The van der Waals surface area contributed by atoms with Gasteiger partial charge in [-0.05, 0) is 32.4 Å². The van der Waals surface area contributed by atoms with Crippen molar-refractivity contribution in [3.63, 3.8) is 0 Å². The lowest BCUT2D eigenvalue weighted by Gasteiger charge is -2.38. The zero-order chi connectivity index (χ0) is 43.5. The van der Waals surface area contributed by atoms with Gasteiger partial charge in [-0.2, -0.15) is 0 Å². The summed E-state index contributed by atoms with van der Waals surface area (Å²) in [4.78, 5) is 81.6. The average Bonchev–Trinajstić information content (AvgIpc) is 3.19. The largest absolute Gasteiger partial charge is 0.467 e. The highest BCUT2D eigenvalue weighted by molar-refractivity contribution is 5.79. The number of nitrogens with zero attached hydrogens (tertiary/aromatic N) is 5. The van der Waals surface area contributed by atoms with Crippen molar-refractivity contribution in [2.24, 2.45) is 0 Å². The molecule has 1 aromatic rings. The van der Waals surface area contributed by atoms with Crippen LogP contribution in [0.1, 0.15) is 26.3 Å². The summed E-state index contributed by atoms with van der Waals surface area (Å²) in [5.41, 5.74) is -0.341. The summed E-state index contributed by atoms with van der Waals surface area (Å²) in [7, 11) is 1.02. The maximum atomic E-state index is 13.1.